The average Bonchev–Trinajstić information content (AvgIpc) is 3.58. The Morgan fingerprint density at radius 1 is 0.973 bits per heavy atom. The molecule has 2 aromatic carbocycles. The van der Waals surface area contributed by atoms with Crippen molar-refractivity contribution in [2.24, 2.45) is 0 Å². The molecular weight excluding hydrogens is 510 g/mol. The van der Waals surface area contributed by atoms with Crippen LogP contribution in [0.4, 0.5) is 0 Å². The van der Waals surface area contributed by atoms with E-state index in [9.17, 15) is 14.7 Å². The van der Waals surface area contributed by atoms with Gasteiger partial charge in [-0.3, -0.25) is 4.79 Å². The molecule has 0 spiro atoms. The van der Waals surface area contributed by atoms with Crippen molar-refractivity contribution in [1.29, 1.82) is 0 Å². The highest BCUT2D eigenvalue weighted by atomic mass is 35.5. The first-order chi connectivity index (χ1) is 17.9. The van der Waals surface area contributed by atoms with Crippen LogP contribution in [0.3, 0.4) is 0 Å². The Kier molecular flexibility index (Phi) is 7.20. The summed E-state index contributed by atoms with van der Waals surface area (Å²) >= 11 is 7.59. The van der Waals surface area contributed by atoms with Crippen molar-refractivity contribution < 1.29 is 19.4 Å². The van der Waals surface area contributed by atoms with E-state index >= 15 is 0 Å². The second-order valence-electron chi connectivity index (χ2n) is 8.45. The molecular formula is C28H22ClN3O4S. The van der Waals surface area contributed by atoms with Crippen LogP contribution in [0.25, 0.3) is 16.8 Å². The van der Waals surface area contributed by atoms with E-state index in [0.717, 1.165) is 22.3 Å². The smallest absolute Gasteiger partial charge is 0.326 e. The van der Waals surface area contributed by atoms with Crippen LogP contribution in [0.2, 0.25) is 5.02 Å². The Balaban J connectivity index is 1.25. The Morgan fingerprint density at radius 3 is 2.43 bits per heavy atom. The lowest BCUT2D eigenvalue weighted by atomic mass is 10.1. The molecule has 0 aliphatic rings. The number of aliphatic carboxylic acids is 1. The van der Waals surface area contributed by atoms with Gasteiger partial charge in [0.2, 0.25) is 0 Å². The molecule has 3 aromatic heterocycles. The number of carbonyl (C=O) groups is 2. The summed E-state index contributed by atoms with van der Waals surface area (Å²) in [5, 5.41) is 17.0. The number of carbonyl (C=O) groups excluding carboxylic acids is 1. The SMILES string of the molecule is O=C(N[C@@H](Cc1ccc(OCc2ccsc2)cc1)C(=O)O)c1cn2cc(-c3ccc(Cl)cc3)ccc2n1. The lowest BCUT2D eigenvalue weighted by Gasteiger charge is -2.14. The summed E-state index contributed by atoms with van der Waals surface area (Å²) in [5.74, 6) is -0.992. The summed E-state index contributed by atoms with van der Waals surface area (Å²) in [6.07, 6.45) is 3.57. The molecule has 5 aromatic rings. The first-order valence-electron chi connectivity index (χ1n) is 11.5. The molecule has 0 saturated carbocycles. The van der Waals surface area contributed by atoms with Gasteiger partial charge in [0, 0.05) is 23.8 Å². The van der Waals surface area contributed by atoms with Crippen LogP contribution >= 0.6 is 22.9 Å². The zero-order chi connectivity index (χ0) is 25.8. The van der Waals surface area contributed by atoms with Crippen LogP contribution < -0.4 is 10.1 Å². The van der Waals surface area contributed by atoms with Crippen molar-refractivity contribution in [3.05, 3.63) is 112 Å². The van der Waals surface area contributed by atoms with Gasteiger partial charge in [-0.25, -0.2) is 9.78 Å². The van der Waals surface area contributed by atoms with E-state index in [4.69, 9.17) is 16.3 Å². The maximum atomic E-state index is 12.9. The predicted molar refractivity (Wildman–Crippen MR) is 143 cm³/mol. The molecule has 9 heteroatoms. The second kappa shape index (κ2) is 10.9. The molecule has 0 aliphatic heterocycles. The van der Waals surface area contributed by atoms with Crippen LogP contribution in [-0.2, 0) is 17.8 Å². The molecule has 186 valence electrons. The standard InChI is InChI=1S/C28H22ClN3O4S/c29-22-6-3-20(4-7-22)21-5-10-26-30-25(15-32(26)14-21)27(33)31-24(28(34)35)13-18-1-8-23(9-2-18)36-16-19-11-12-37-17-19/h1-12,14-15,17,24H,13,16H2,(H,31,33)(H,34,35)/t24-/m0/s1. The molecule has 2 N–H and O–H groups in total. The van der Waals surface area contributed by atoms with E-state index in [2.05, 4.69) is 10.3 Å². The minimum Gasteiger partial charge on any atom is -0.489 e. The number of carboxylic acid groups (broad SMARTS) is 1. The number of pyridine rings is 1. The fraction of sp³-hybridized carbons (Fsp3) is 0.107. The van der Waals surface area contributed by atoms with Crippen molar-refractivity contribution in [3.63, 3.8) is 0 Å². The van der Waals surface area contributed by atoms with Gasteiger partial charge in [0.15, 0.2) is 0 Å². The summed E-state index contributed by atoms with van der Waals surface area (Å²) < 4.78 is 7.49. The summed E-state index contributed by atoms with van der Waals surface area (Å²) in [5.41, 5.74) is 4.47. The number of ether oxygens (including phenoxy) is 1. The predicted octanol–water partition coefficient (Wildman–Crippen LogP) is 5.72. The average molecular weight is 532 g/mol. The number of hydrogen-bond acceptors (Lipinski definition) is 5. The zero-order valence-electron chi connectivity index (χ0n) is 19.5. The van der Waals surface area contributed by atoms with Gasteiger partial charge in [-0.2, -0.15) is 11.3 Å². The Hall–Kier alpha value is -4.14. The first-order valence-corrected chi connectivity index (χ1v) is 12.8. The molecule has 7 nitrogen and oxygen atoms in total. The fourth-order valence-electron chi connectivity index (χ4n) is 3.85. The minimum atomic E-state index is -1.13. The van der Waals surface area contributed by atoms with Gasteiger partial charge in [0.1, 0.15) is 29.7 Å². The number of thiophene rings is 1. The molecule has 0 aliphatic carbocycles. The molecule has 1 amide bonds. The van der Waals surface area contributed by atoms with Crippen LogP contribution in [0.5, 0.6) is 5.75 Å². The number of imidazole rings is 1. The maximum Gasteiger partial charge on any atom is 0.326 e. The van der Waals surface area contributed by atoms with Crippen molar-refractivity contribution in [3.8, 4) is 16.9 Å². The number of nitrogens with zero attached hydrogens (tertiary/aromatic N) is 2. The van der Waals surface area contributed by atoms with Crippen LogP contribution in [0.15, 0.2) is 89.9 Å². The van der Waals surface area contributed by atoms with Gasteiger partial charge in [-0.15, -0.1) is 0 Å². The second-order valence-corrected chi connectivity index (χ2v) is 9.67. The Morgan fingerprint density at radius 2 is 1.73 bits per heavy atom. The van der Waals surface area contributed by atoms with Crippen molar-refractivity contribution in [2.75, 3.05) is 0 Å². The molecule has 0 unspecified atom stereocenters. The molecule has 0 radical (unpaired) electrons. The summed E-state index contributed by atoms with van der Waals surface area (Å²) in [6, 6.07) is 19.2. The number of carboxylic acids is 1. The summed E-state index contributed by atoms with van der Waals surface area (Å²) in [4.78, 5) is 29.1. The lowest BCUT2D eigenvalue weighted by Crippen LogP contribution is -2.42. The molecule has 1 atom stereocenters. The van der Waals surface area contributed by atoms with E-state index in [1.165, 1.54) is 0 Å². The molecule has 0 saturated heterocycles. The molecule has 3 heterocycles. The van der Waals surface area contributed by atoms with E-state index in [1.807, 2.05) is 53.4 Å². The van der Waals surface area contributed by atoms with Gasteiger partial charge in [0.25, 0.3) is 5.91 Å². The van der Waals surface area contributed by atoms with Gasteiger partial charge < -0.3 is 19.6 Å². The minimum absolute atomic E-state index is 0.125. The number of halogens is 1. The highest BCUT2D eigenvalue weighted by Gasteiger charge is 2.23. The Bertz CT molecular complexity index is 1530. The highest BCUT2D eigenvalue weighted by Crippen LogP contribution is 2.22. The number of amides is 1. The highest BCUT2D eigenvalue weighted by molar-refractivity contribution is 7.07. The maximum absolute atomic E-state index is 12.9. The van der Waals surface area contributed by atoms with Crippen molar-refractivity contribution >= 4 is 40.5 Å². The summed E-state index contributed by atoms with van der Waals surface area (Å²) in [7, 11) is 0. The number of rotatable bonds is 9. The topological polar surface area (TPSA) is 92.9 Å². The summed E-state index contributed by atoms with van der Waals surface area (Å²) in [6.45, 7) is 0.469. The third kappa shape index (κ3) is 5.99. The molecule has 37 heavy (non-hydrogen) atoms. The molecule has 0 bridgehead atoms. The third-order valence-corrected chi connectivity index (χ3v) is 6.80. The van der Waals surface area contributed by atoms with E-state index < -0.39 is 17.9 Å². The van der Waals surface area contributed by atoms with E-state index in [1.54, 1.807) is 52.3 Å². The number of hydrogen-bond donors (Lipinski definition) is 2. The van der Waals surface area contributed by atoms with Gasteiger partial charge in [-0.1, -0.05) is 35.9 Å². The van der Waals surface area contributed by atoms with Crippen LogP contribution in [0, 0.1) is 0 Å². The van der Waals surface area contributed by atoms with Crippen molar-refractivity contribution in [2.45, 2.75) is 19.1 Å². The fourth-order valence-corrected chi connectivity index (χ4v) is 4.62. The van der Waals surface area contributed by atoms with Crippen LogP contribution in [-0.4, -0.2) is 32.4 Å². The van der Waals surface area contributed by atoms with Gasteiger partial charge in [0.05, 0.1) is 0 Å². The van der Waals surface area contributed by atoms with Gasteiger partial charge in [-0.05, 0) is 75.5 Å². The van der Waals surface area contributed by atoms with Crippen molar-refractivity contribution in [1.82, 2.24) is 14.7 Å². The number of aromatic nitrogens is 2. The zero-order valence-corrected chi connectivity index (χ0v) is 21.1. The first kappa shape index (κ1) is 24.5. The quantitative estimate of drug-likeness (QED) is 0.254. The van der Waals surface area contributed by atoms with Gasteiger partial charge >= 0.3 is 5.97 Å². The van der Waals surface area contributed by atoms with Crippen LogP contribution in [0.1, 0.15) is 21.6 Å². The lowest BCUT2D eigenvalue weighted by molar-refractivity contribution is -0.139. The number of benzene rings is 2. The number of fused-ring (bicyclic) bond motifs is 1. The molecule has 5 rings (SSSR count). The van der Waals surface area contributed by atoms with E-state index in [0.29, 0.717) is 23.0 Å². The third-order valence-electron chi connectivity index (χ3n) is 5.81. The normalized spacial score (nSPS) is 11.8. The molecule has 0 fully saturated rings. The Labute approximate surface area is 221 Å². The number of nitrogens with one attached hydrogen (secondary N) is 1. The van der Waals surface area contributed by atoms with E-state index in [-0.39, 0.29) is 12.1 Å². The largest absolute Gasteiger partial charge is 0.489 e. The monoisotopic (exact) mass is 531 g/mol.